The van der Waals surface area contributed by atoms with E-state index in [1.807, 2.05) is 0 Å². The lowest BCUT2D eigenvalue weighted by atomic mass is 9.89. The molecule has 0 saturated carbocycles. The summed E-state index contributed by atoms with van der Waals surface area (Å²) in [5, 5.41) is 16.9. The first-order valence-electron chi connectivity index (χ1n) is 8.33. The molecule has 154 valence electrons. The highest BCUT2D eigenvalue weighted by Gasteiger charge is 2.71. The third-order valence-corrected chi connectivity index (χ3v) is 6.96. The van der Waals surface area contributed by atoms with Gasteiger partial charge in [-0.1, -0.05) is 5.16 Å². The fourth-order valence-corrected chi connectivity index (χ4v) is 5.69. The number of hydrogen-bond donors (Lipinski definition) is 3. The lowest BCUT2D eigenvalue weighted by Crippen LogP contribution is -2.82. The van der Waals surface area contributed by atoms with Crippen molar-refractivity contribution in [3.05, 3.63) is 11.1 Å². The summed E-state index contributed by atoms with van der Waals surface area (Å²) in [7, 11) is 1.25. The Bertz CT molecular complexity index is 949. The number of esters is 1. The summed E-state index contributed by atoms with van der Waals surface area (Å²) in [6.07, 6.45) is -0.0968. The first-order valence-corrected chi connectivity index (χ1v) is 10.3. The van der Waals surface area contributed by atoms with Gasteiger partial charge in [0.15, 0.2) is 10.8 Å². The van der Waals surface area contributed by atoms with Gasteiger partial charge in [0.25, 0.3) is 17.5 Å². The number of nitrogens with one attached hydrogen (secondary N) is 1. The molecule has 4 atom stereocenters. The number of rotatable bonds is 5. The molecule has 3 saturated heterocycles. The van der Waals surface area contributed by atoms with Gasteiger partial charge in [0.2, 0.25) is 0 Å². The fourth-order valence-electron chi connectivity index (χ4n) is 3.63. The SMILES string of the molecule is CO/N=C(\C(=O)N[C@@H]1C(=O)N2[C@@H]1CS[C@H]1CC(=O)O[C@@]12C(=O)O)c1csc(N)n1. The number of fused-ring (bicyclic) bond motifs is 3. The number of amides is 2. The summed E-state index contributed by atoms with van der Waals surface area (Å²) in [4.78, 5) is 58.8. The third-order valence-electron chi connectivity index (χ3n) is 4.86. The van der Waals surface area contributed by atoms with Gasteiger partial charge in [-0.05, 0) is 0 Å². The van der Waals surface area contributed by atoms with Crippen molar-refractivity contribution in [3.63, 3.8) is 0 Å². The number of oxime groups is 1. The minimum atomic E-state index is -2.05. The number of nitrogens with two attached hydrogens (primary N) is 1. The number of carbonyl (C=O) groups excluding carboxylic acids is 3. The van der Waals surface area contributed by atoms with E-state index in [0.29, 0.717) is 5.75 Å². The van der Waals surface area contributed by atoms with E-state index in [4.69, 9.17) is 10.5 Å². The minimum Gasteiger partial charge on any atom is -0.477 e. The lowest BCUT2D eigenvalue weighted by molar-refractivity contribution is -0.213. The number of carbonyl (C=O) groups is 4. The Morgan fingerprint density at radius 1 is 1.52 bits per heavy atom. The summed E-state index contributed by atoms with van der Waals surface area (Å²) < 4.78 is 5.10. The second kappa shape index (κ2) is 6.88. The van der Waals surface area contributed by atoms with Crippen LogP contribution in [0.3, 0.4) is 0 Å². The van der Waals surface area contributed by atoms with Crippen LogP contribution in [0.4, 0.5) is 5.13 Å². The second-order valence-electron chi connectivity index (χ2n) is 6.42. The van der Waals surface area contributed by atoms with Gasteiger partial charge in [0.1, 0.15) is 18.8 Å². The van der Waals surface area contributed by atoms with E-state index < -0.39 is 46.8 Å². The van der Waals surface area contributed by atoms with Crippen molar-refractivity contribution in [2.24, 2.45) is 5.16 Å². The summed E-state index contributed by atoms with van der Waals surface area (Å²) in [5.41, 5.74) is 3.55. The molecule has 1 aromatic heterocycles. The number of nitrogen functional groups attached to an aromatic ring is 1. The summed E-state index contributed by atoms with van der Waals surface area (Å²) in [6, 6.07) is -1.65. The van der Waals surface area contributed by atoms with Crippen LogP contribution in [0.2, 0.25) is 0 Å². The van der Waals surface area contributed by atoms with Gasteiger partial charge in [-0.2, -0.15) is 0 Å². The van der Waals surface area contributed by atoms with Crippen LogP contribution in [0.5, 0.6) is 0 Å². The van der Waals surface area contributed by atoms with Gasteiger partial charge in [-0.3, -0.25) is 19.3 Å². The van der Waals surface area contributed by atoms with E-state index in [9.17, 15) is 24.3 Å². The van der Waals surface area contributed by atoms with Crippen molar-refractivity contribution < 1.29 is 33.9 Å². The molecule has 3 fully saturated rings. The van der Waals surface area contributed by atoms with Crippen molar-refractivity contribution in [1.29, 1.82) is 0 Å². The smallest absolute Gasteiger partial charge is 0.371 e. The number of thiazole rings is 1. The van der Waals surface area contributed by atoms with E-state index in [1.54, 1.807) is 0 Å². The quantitative estimate of drug-likeness (QED) is 0.214. The van der Waals surface area contributed by atoms with Crippen LogP contribution in [-0.2, 0) is 28.8 Å². The van der Waals surface area contributed by atoms with Crippen LogP contribution in [-0.4, -0.2) is 80.4 Å². The zero-order valence-electron chi connectivity index (χ0n) is 14.9. The highest BCUT2D eigenvalue weighted by molar-refractivity contribution is 8.00. The molecule has 2 amide bonds. The van der Waals surface area contributed by atoms with Gasteiger partial charge in [-0.25, -0.2) is 9.78 Å². The van der Waals surface area contributed by atoms with Crippen LogP contribution in [0.15, 0.2) is 10.5 Å². The first kappa shape index (κ1) is 19.4. The molecule has 0 aromatic carbocycles. The second-order valence-corrected chi connectivity index (χ2v) is 8.55. The average Bonchev–Trinajstić information content (AvgIpc) is 3.25. The Balaban J connectivity index is 1.56. The molecule has 3 aliphatic heterocycles. The Morgan fingerprint density at radius 2 is 2.28 bits per heavy atom. The number of β-lactam (4-membered cyclic amide) rings is 1. The van der Waals surface area contributed by atoms with Crippen molar-refractivity contribution in [2.45, 2.75) is 29.5 Å². The van der Waals surface area contributed by atoms with E-state index in [-0.39, 0.29) is 23.0 Å². The average molecular weight is 441 g/mol. The monoisotopic (exact) mass is 441 g/mol. The maximum absolute atomic E-state index is 12.8. The molecule has 4 N–H and O–H groups in total. The molecule has 0 radical (unpaired) electrons. The van der Waals surface area contributed by atoms with E-state index in [0.717, 1.165) is 16.2 Å². The molecule has 3 aliphatic rings. The van der Waals surface area contributed by atoms with Crippen molar-refractivity contribution in [3.8, 4) is 0 Å². The number of carboxylic acid groups (broad SMARTS) is 1. The largest absolute Gasteiger partial charge is 0.477 e. The van der Waals surface area contributed by atoms with Crippen molar-refractivity contribution in [2.75, 3.05) is 18.6 Å². The van der Waals surface area contributed by atoms with Gasteiger partial charge in [0, 0.05) is 11.1 Å². The number of hydrogen-bond acceptors (Lipinski definition) is 11. The summed E-state index contributed by atoms with van der Waals surface area (Å²) >= 11 is 2.33. The van der Waals surface area contributed by atoms with Crippen LogP contribution in [0.1, 0.15) is 12.1 Å². The van der Waals surface area contributed by atoms with Crippen molar-refractivity contribution in [1.82, 2.24) is 15.2 Å². The molecule has 0 aliphatic carbocycles. The molecule has 4 rings (SSSR count). The number of nitrogens with zero attached hydrogens (tertiary/aromatic N) is 3. The number of carboxylic acids is 1. The third kappa shape index (κ3) is 2.81. The van der Waals surface area contributed by atoms with Gasteiger partial charge in [-0.15, -0.1) is 23.1 Å². The molecular weight excluding hydrogens is 426 g/mol. The normalized spacial score (nSPS) is 30.7. The van der Waals surface area contributed by atoms with E-state index >= 15 is 0 Å². The zero-order valence-corrected chi connectivity index (χ0v) is 16.5. The lowest BCUT2D eigenvalue weighted by Gasteiger charge is -2.56. The van der Waals surface area contributed by atoms with Crippen LogP contribution >= 0.6 is 23.1 Å². The van der Waals surface area contributed by atoms with Crippen LogP contribution < -0.4 is 11.1 Å². The number of aromatic nitrogens is 1. The van der Waals surface area contributed by atoms with Crippen molar-refractivity contribution >= 4 is 57.7 Å². The number of ether oxygens (including phenoxy) is 1. The summed E-state index contributed by atoms with van der Waals surface area (Å²) in [6.45, 7) is 0. The van der Waals surface area contributed by atoms with Gasteiger partial charge in [0.05, 0.1) is 17.7 Å². The maximum Gasteiger partial charge on any atom is 0.371 e. The number of thioether (sulfide) groups is 1. The van der Waals surface area contributed by atoms with Gasteiger partial charge < -0.3 is 25.7 Å². The Labute approximate surface area is 171 Å². The van der Waals surface area contributed by atoms with E-state index in [2.05, 4.69) is 20.3 Å². The van der Waals surface area contributed by atoms with Crippen LogP contribution in [0, 0.1) is 0 Å². The predicted molar refractivity (Wildman–Crippen MR) is 100.0 cm³/mol. The molecule has 0 bridgehead atoms. The molecule has 1 aromatic rings. The predicted octanol–water partition coefficient (Wildman–Crippen LogP) is -1.39. The molecule has 0 unspecified atom stereocenters. The Kier molecular flexibility index (Phi) is 4.61. The molecule has 0 spiro atoms. The van der Waals surface area contributed by atoms with Gasteiger partial charge >= 0.3 is 11.9 Å². The van der Waals surface area contributed by atoms with Crippen LogP contribution in [0.25, 0.3) is 0 Å². The topological polar surface area (TPSA) is 174 Å². The maximum atomic E-state index is 12.8. The molecule has 14 heteroatoms. The molecule has 12 nitrogen and oxygen atoms in total. The zero-order chi connectivity index (χ0) is 20.9. The Morgan fingerprint density at radius 3 is 2.90 bits per heavy atom. The standard InChI is InChI=1S/C15H15N5O7S2/c1-26-19-9(5-3-29-14(16)17-5)11(22)18-10-6-4-28-7-2-8(21)27-15(7,13(24)25)20(6)12(10)23/h3,6-7,10H,2,4H2,1H3,(H2,16,17)(H,18,22)(H,24,25)/b19-9-/t6-,7+,10+,15-/m1/s1. The summed E-state index contributed by atoms with van der Waals surface area (Å²) in [5.74, 6) is -3.13. The molecule has 29 heavy (non-hydrogen) atoms. The first-order chi connectivity index (χ1) is 13.8. The number of aliphatic carboxylic acids is 1. The fraction of sp³-hybridized carbons (Fsp3) is 0.467. The van der Waals surface area contributed by atoms with E-state index in [1.165, 1.54) is 24.3 Å². The minimum absolute atomic E-state index is 0.0968. The highest BCUT2D eigenvalue weighted by Crippen LogP contribution is 2.49. The highest BCUT2D eigenvalue weighted by atomic mass is 32.2. The molecule has 4 heterocycles. The molecular formula is C15H15N5O7S2. The number of anilines is 1. The Hall–Kier alpha value is -2.87.